The molecule has 3 saturated carbocycles. The molecular weight excluding hydrogens is 951 g/mol. The molecule has 6 aromatic carbocycles. The molecular formula is C67H76F6O2. The van der Waals surface area contributed by atoms with Crippen LogP contribution in [-0.4, -0.2) is 13.2 Å². The topological polar surface area (TPSA) is 18.5 Å². The molecule has 9 rings (SSSR count). The van der Waals surface area contributed by atoms with Gasteiger partial charge in [0.25, 0.3) is 0 Å². The average molecular weight is 1030 g/mol. The fraction of sp³-hybridized carbons (Fsp3) is 0.403. The number of hydrogen-bond donors (Lipinski definition) is 0. The van der Waals surface area contributed by atoms with Crippen LogP contribution in [0.25, 0.3) is 33.4 Å². The molecule has 3 aliphatic carbocycles. The third-order valence-electron chi connectivity index (χ3n) is 15.9. The predicted octanol–water partition coefficient (Wildman–Crippen LogP) is 20.4. The van der Waals surface area contributed by atoms with E-state index in [-0.39, 0.29) is 22.6 Å². The number of halogens is 6. The lowest BCUT2D eigenvalue weighted by Gasteiger charge is -2.28. The first kappa shape index (κ1) is 56.7. The van der Waals surface area contributed by atoms with Gasteiger partial charge in [0.15, 0.2) is 34.8 Å². The summed E-state index contributed by atoms with van der Waals surface area (Å²) in [5.41, 5.74) is 7.25. The molecule has 0 radical (unpaired) electrons. The number of allylic oxidation sites excluding steroid dienone is 3. The number of hydrogen-bond acceptors (Lipinski definition) is 2. The summed E-state index contributed by atoms with van der Waals surface area (Å²) < 4.78 is 95.0. The van der Waals surface area contributed by atoms with E-state index in [9.17, 15) is 26.3 Å². The van der Waals surface area contributed by atoms with Crippen LogP contribution in [0.5, 0.6) is 11.5 Å². The molecule has 0 atom stereocenters. The minimum Gasteiger partial charge on any atom is -0.491 e. The Morgan fingerprint density at radius 3 is 1.16 bits per heavy atom. The van der Waals surface area contributed by atoms with Crippen molar-refractivity contribution in [1.29, 1.82) is 0 Å². The minimum absolute atomic E-state index is 0.0386. The third kappa shape index (κ3) is 14.5. The maximum absolute atomic E-state index is 14.4. The summed E-state index contributed by atoms with van der Waals surface area (Å²) in [5, 5.41) is 0. The van der Waals surface area contributed by atoms with Gasteiger partial charge < -0.3 is 9.47 Å². The second-order valence-electron chi connectivity index (χ2n) is 20.8. The van der Waals surface area contributed by atoms with E-state index in [1.54, 1.807) is 45.0 Å². The van der Waals surface area contributed by atoms with E-state index in [1.165, 1.54) is 106 Å². The average Bonchev–Trinajstić information content (AvgIpc) is 3.44. The molecule has 3 fully saturated rings. The lowest BCUT2D eigenvalue weighted by Crippen LogP contribution is -2.13. The van der Waals surface area contributed by atoms with Gasteiger partial charge in [-0.25, -0.2) is 17.6 Å². The molecule has 398 valence electrons. The monoisotopic (exact) mass is 1030 g/mol. The molecule has 75 heavy (non-hydrogen) atoms. The molecule has 0 aliphatic heterocycles. The number of aryl methyl sites for hydroxylation is 1. The molecule has 0 aromatic heterocycles. The SMILES string of the molecule is C/C=C/C1CCC(c2ccc(-c3ccc(OCC)c(F)c3F)cc2)CC1.C=CC1CCC(c2ccc(-c3ccc(OCC)c(F)c3F)cc2)CC1.CCCC1CCC(c2ccc(-c3ccc(C)c(F)c3F)cc2)CC1. The highest BCUT2D eigenvalue weighted by Crippen LogP contribution is 2.41. The van der Waals surface area contributed by atoms with Crippen LogP contribution >= 0.6 is 0 Å². The highest BCUT2D eigenvalue weighted by atomic mass is 19.2. The van der Waals surface area contributed by atoms with Crippen LogP contribution in [0.4, 0.5) is 26.3 Å². The molecule has 0 heterocycles. The molecule has 0 amide bonds. The summed E-state index contributed by atoms with van der Waals surface area (Å²) in [5.74, 6) is -1.16. The summed E-state index contributed by atoms with van der Waals surface area (Å²) in [4.78, 5) is 0. The van der Waals surface area contributed by atoms with Crippen LogP contribution in [-0.2, 0) is 0 Å². The van der Waals surface area contributed by atoms with E-state index in [4.69, 9.17) is 9.47 Å². The van der Waals surface area contributed by atoms with E-state index >= 15 is 0 Å². The van der Waals surface area contributed by atoms with Crippen molar-refractivity contribution < 1.29 is 35.8 Å². The first-order valence-corrected chi connectivity index (χ1v) is 27.6. The predicted molar refractivity (Wildman–Crippen MR) is 296 cm³/mol. The standard InChI is InChI=1S/C23H26F2O.C22H24F2O.C22H26F2/c1-3-5-16-6-8-17(9-7-16)18-10-12-19(13-11-18)20-14-15-21(26-4-2)23(25)22(20)24;1-3-15-5-7-16(8-6-15)17-9-11-18(12-10-17)19-13-14-20(25-4-2)22(24)21(19)23;1-3-4-16-6-8-17(9-7-16)18-10-12-19(13-11-18)20-14-5-15(2)21(23)22(20)24/h3,5,10-17H,4,6-9H2,1-2H3;3,9-16H,1,4-8H2,2H3;5,10-14,16-17H,3-4,6-9H2,1-2H3/b5-3+;;. The number of rotatable bonds is 14. The normalized spacial score (nSPS) is 20.6. The van der Waals surface area contributed by atoms with Gasteiger partial charge in [-0.3, -0.25) is 0 Å². The quantitative estimate of drug-likeness (QED) is 0.0800. The van der Waals surface area contributed by atoms with Crippen molar-refractivity contribution in [3.63, 3.8) is 0 Å². The van der Waals surface area contributed by atoms with Crippen LogP contribution in [0.2, 0.25) is 0 Å². The van der Waals surface area contributed by atoms with Gasteiger partial charge in [0.2, 0.25) is 11.6 Å². The molecule has 0 N–H and O–H groups in total. The fourth-order valence-electron chi connectivity index (χ4n) is 11.5. The van der Waals surface area contributed by atoms with Gasteiger partial charge >= 0.3 is 0 Å². The van der Waals surface area contributed by atoms with Crippen molar-refractivity contribution in [1.82, 2.24) is 0 Å². The van der Waals surface area contributed by atoms with Gasteiger partial charge in [-0.05, 0) is 203 Å². The summed E-state index contributed by atoms with van der Waals surface area (Å²) >= 11 is 0. The Balaban J connectivity index is 0.000000164. The Morgan fingerprint density at radius 2 is 0.800 bits per heavy atom. The maximum atomic E-state index is 14.4. The molecule has 3 aliphatic rings. The number of ether oxygens (including phenoxy) is 2. The third-order valence-corrected chi connectivity index (χ3v) is 15.9. The van der Waals surface area contributed by atoms with Gasteiger partial charge in [0, 0.05) is 16.7 Å². The van der Waals surface area contributed by atoms with Gasteiger partial charge in [-0.2, -0.15) is 8.78 Å². The second-order valence-corrected chi connectivity index (χ2v) is 20.8. The van der Waals surface area contributed by atoms with Crippen LogP contribution < -0.4 is 9.47 Å². The zero-order chi connectivity index (χ0) is 53.4. The number of benzene rings is 6. The summed E-state index contributed by atoms with van der Waals surface area (Å²) in [6.45, 7) is 13.9. The highest BCUT2D eigenvalue weighted by Gasteiger charge is 2.25. The second kappa shape index (κ2) is 27.7. The molecule has 0 saturated heterocycles. The van der Waals surface area contributed by atoms with Crippen molar-refractivity contribution >= 4 is 0 Å². The molecule has 6 aromatic rings. The van der Waals surface area contributed by atoms with Crippen molar-refractivity contribution in [2.45, 2.75) is 142 Å². The minimum atomic E-state index is -0.925. The van der Waals surface area contributed by atoms with Crippen molar-refractivity contribution in [3.8, 4) is 44.9 Å². The van der Waals surface area contributed by atoms with Crippen LogP contribution in [0, 0.1) is 59.6 Å². The van der Waals surface area contributed by atoms with Gasteiger partial charge in [0.1, 0.15) is 0 Å². The Bertz CT molecular complexity index is 2780. The summed E-state index contributed by atoms with van der Waals surface area (Å²) in [6, 6.07) is 33.3. The Morgan fingerprint density at radius 1 is 0.440 bits per heavy atom. The van der Waals surface area contributed by atoms with Gasteiger partial charge in [0.05, 0.1) is 13.2 Å². The van der Waals surface area contributed by atoms with E-state index in [0.29, 0.717) is 65.1 Å². The van der Waals surface area contributed by atoms with Crippen LogP contribution in [0.15, 0.2) is 134 Å². The lowest BCUT2D eigenvalue weighted by molar-refractivity contribution is 0.308. The summed E-state index contributed by atoms with van der Waals surface area (Å²) in [7, 11) is 0. The van der Waals surface area contributed by atoms with Crippen LogP contribution in [0.1, 0.15) is 158 Å². The first-order valence-electron chi connectivity index (χ1n) is 27.6. The summed E-state index contributed by atoms with van der Waals surface area (Å²) in [6.07, 6.45) is 23.7. The van der Waals surface area contributed by atoms with E-state index in [1.807, 2.05) is 48.5 Å². The van der Waals surface area contributed by atoms with E-state index in [2.05, 4.69) is 62.9 Å². The molecule has 0 spiro atoms. The smallest absolute Gasteiger partial charge is 0.201 e. The first-order chi connectivity index (χ1) is 36.4. The van der Waals surface area contributed by atoms with E-state index < -0.39 is 34.9 Å². The van der Waals surface area contributed by atoms with Crippen LogP contribution in [0.3, 0.4) is 0 Å². The van der Waals surface area contributed by atoms with E-state index in [0.717, 1.165) is 24.3 Å². The fourth-order valence-corrected chi connectivity index (χ4v) is 11.5. The molecule has 2 nitrogen and oxygen atoms in total. The zero-order valence-electron chi connectivity index (χ0n) is 44.7. The molecule has 0 unspecified atom stereocenters. The molecule has 0 bridgehead atoms. The van der Waals surface area contributed by atoms with Gasteiger partial charge in [-0.15, -0.1) is 6.58 Å². The lowest BCUT2D eigenvalue weighted by atomic mass is 9.77. The van der Waals surface area contributed by atoms with Crippen molar-refractivity contribution in [3.05, 3.63) is 191 Å². The van der Waals surface area contributed by atoms with Gasteiger partial charge in [-0.1, -0.05) is 123 Å². The Hall–Kier alpha value is -6.02. The van der Waals surface area contributed by atoms with Crippen molar-refractivity contribution in [2.75, 3.05) is 13.2 Å². The zero-order valence-corrected chi connectivity index (χ0v) is 44.7. The largest absolute Gasteiger partial charge is 0.491 e. The Labute approximate surface area is 443 Å². The Kier molecular flexibility index (Phi) is 20.9. The molecule has 8 heteroatoms. The highest BCUT2D eigenvalue weighted by molar-refractivity contribution is 5.67. The maximum Gasteiger partial charge on any atom is 0.201 e. The van der Waals surface area contributed by atoms with Crippen molar-refractivity contribution in [2.24, 2.45) is 17.8 Å².